The molecule has 1 aliphatic carbocycles. The summed E-state index contributed by atoms with van der Waals surface area (Å²) >= 11 is 0. The summed E-state index contributed by atoms with van der Waals surface area (Å²) in [7, 11) is 1.54. The number of anilines is 2. The molecular formula is C57H62F2N12O6. The highest BCUT2D eigenvalue weighted by molar-refractivity contribution is 6.03. The minimum absolute atomic E-state index is 0.0128. The van der Waals surface area contributed by atoms with Crippen molar-refractivity contribution >= 4 is 57.2 Å². The topological polar surface area (TPSA) is 215 Å². The van der Waals surface area contributed by atoms with Crippen LogP contribution in [0.15, 0.2) is 48.7 Å². The van der Waals surface area contributed by atoms with E-state index in [1.807, 2.05) is 23.1 Å². The number of nitrogens with zero attached hydrogens (tertiary/aromatic N) is 11. The van der Waals surface area contributed by atoms with E-state index in [-0.39, 0.29) is 81.9 Å². The molecule has 10 rings (SSSR count). The molecule has 4 fully saturated rings. The molecule has 77 heavy (non-hydrogen) atoms. The Labute approximate surface area is 446 Å². The van der Waals surface area contributed by atoms with Crippen LogP contribution in [0, 0.1) is 58.0 Å². The summed E-state index contributed by atoms with van der Waals surface area (Å²) in [6.45, 7) is 11.0. The summed E-state index contributed by atoms with van der Waals surface area (Å²) in [6, 6.07) is 14.3. The molecular weight excluding hydrogens is 987 g/mol. The van der Waals surface area contributed by atoms with Crippen LogP contribution in [0.2, 0.25) is 0 Å². The Bertz CT molecular complexity index is 3200. The Morgan fingerprint density at radius 2 is 1.69 bits per heavy atom. The number of phenolic OH excluding ortho intramolecular Hbond substituents is 1. The van der Waals surface area contributed by atoms with Crippen molar-refractivity contribution in [2.45, 2.75) is 64.5 Å². The fourth-order valence-electron chi connectivity index (χ4n) is 11.3. The van der Waals surface area contributed by atoms with Crippen molar-refractivity contribution in [3.63, 3.8) is 0 Å². The number of likely N-dealkylation sites (N-methyl/N-ethyl adjacent to an activating group) is 1. The summed E-state index contributed by atoms with van der Waals surface area (Å²) in [5.41, 5.74) is 2.23. The quantitative estimate of drug-likeness (QED) is 0.0903. The first-order chi connectivity index (χ1) is 37.3. The van der Waals surface area contributed by atoms with E-state index in [2.05, 4.69) is 42.0 Å². The lowest BCUT2D eigenvalue weighted by atomic mass is 9.95. The summed E-state index contributed by atoms with van der Waals surface area (Å²) in [5.74, 6) is 0.948. The average Bonchev–Trinajstić information content (AvgIpc) is 4.14. The molecule has 3 amide bonds. The maximum atomic E-state index is 17.2. The van der Waals surface area contributed by atoms with Gasteiger partial charge in [0.25, 0.3) is 5.91 Å². The molecule has 3 saturated heterocycles. The largest absolute Gasteiger partial charge is 0.508 e. The lowest BCUT2D eigenvalue weighted by molar-refractivity contribution is -0.130. The van der Waals surface area contributed by atoms with E-state index in [9.17, 15) is 24.3 Å². The molecule has 2 N–H and O–H groups in total. The van der Waals surface area contributed by atoms with Gasteiger partial charge < -0.3 is 49.4 Å². The van der Waals surface area contributed by atoms with Gasteiger partial charge in [0.1, 0.15) is 47.3 Å². The standard InChI is InChI=1S/C55H59F2N11O6.C2H3N/c1-3-40-44(56)9-6-36-28-39(70)29-42(47(36)40)49-48(57)50-43(30-60-49)51(67-24-22-66(23-25-67)46(71)10-15-58)62-54(61-50)74-34-55(13-14-55)33-64-20-18-63(19-21-64)31-35-11-16-65(17-12-35)38-7-8-41-37(27-38)32-68(53(41)73)45(5-4-26-69)52(72)59-2;1-2-3/h1,6-9,26-30,35,45,70H,4-5,10-14,16-25,31-34H2,2H3,(H,59,72);1H3. The number of aromatic hydroxyl groups is 1. The smallest absolute Gasteiger partial charge is 0.319 e. The van der Waals surface area contributed by atoms with Crippen LogP contribution in [0.25, 0.3) is 32.9 Å². The van der Waals surface area contributed by atoms with Crippen LogP contribution in [0.3, 0.4) is 0 Å². The average molecular weight is 1050 g/mol. The molecule has 1 saturated carbocycles. The number of amides is 3. The van der Waals surface area contributed by atoms with Gasteiger partial charge in [-0.1, -0.05) is 12.0 Å². The number of pyridine rings is 1. The zero-order valence-corrected chi connectivity index (χ0v) is 43.4. The number of hydrogen-bond donors (Lipinski definition) is 2. The number of carbonyl (C=O) groups is 4. The van der Waals surface area contributed by atoms with E-state index in [1.165, 1.54) is 37.4 Å². The molecule has 400 valence electrons. The summed E-state index contributed by atoms with van der Waals surface area (Å²) in [4.78, 5) is 76.2. The third-order valence-electron chi connectivity index (χ3n) is 15.6. The number of piperazine rings is 2. The first kappa shape index (κ1) is 53.8. The third kappa shape index (κ3) is 11.6. The Hall–Kier alpha value is -7.99. The van der Waals surface area contributed by atoms with Gasteiger partial charge in [-0.15, -0.1) is 6.42 Å². The number of carbonyl (C=O) groups excluding carboxylic acids is 4. The van der Waals surface area contributed by atoms with Crippen molar-refractivity contribution in [2.75, 3.05) is 102 Å². The van der Waals surface area contributed by atoms with Gasteiger partial charge >= 0.3 is 6.01 Å². The van der Waals surface area contributed by atoms with Crippen LogP contribution in [0.4, 0.5) is 20.3 Å². The third-order valence-corrected chi connectivity index (χ3v) is 15.6. The predicted molar refractivity (Wildman–Crippen MR) is 285 cm³/mol. The molecule has 5 aromatic rings. The number of nitriles is 2. The summed E-state index contributed by atoms with van der Waals surface area (Å²) in [6.07, 6.45) is 12.3. The van der Waals surface area contributed by atoms with E-state index >= 15 is 8.78 Å². The van der Waals surface area contributed by atoms with Gasteiger partial charge in [0, 0.05) is 139 Å². The number of terminal acetylenes is 1. The van der Waals surface area contributed by atoms with Crippen LogP contribution in [-0.2, 0) is 20.9 Å². The van der Waals surface area contributed by atoms with Gasteiger partial charge in [-0.2, -0.15) is 20.5 Å². The molecule has 1 unspecified atom stereocenters. The van der Waals surface area contributed by atoms with Gasteiger partial charge in [0.15, 0.2) is 5.82 Å². The van der Waals surface area contributed by atoms with Gasteiger partial charge in [-0.05, 0) is 85.4 Å². The number of fused-ring (bicyclic) bond motifs is 3. The van der Waals surface area contributed by atoms with Crippen molar-refractivity contribution in [3.8, 4) is 47.5 Å². The second-order valence-electron chi connectivity index (χ2n) is 20.5. The fourth-order valence-corrected chi connectivity index (χ4v) is 11.3. The highest BCUT2D eigenvalue weighted by atomic mass is 19.1. The Morgan fingerprint density at radius 1 is 0.961 bits per heavy atom. The van der Waals surface area contributed by atoms with E-state index in [0.717, 1.165) is 95.6 Å². The van der Waals surface area contributed by atoms with Crippen molar-refractivity contribution in [1.82, 2.24) is 39.9 Å². The van der Waals surface area contributed by atoms with Crippen LogP contribution < -0.4 is 19.9 Å². The highest BCUT2D eigenvalue weighted by Gasteiger charge is 2.46. The van der Waals surface area contributed by atoms with Crippen LogP contribution >= 0.6 is 0 Å². The molecule has 20 heteroatoms. The fraction of sp³-hybridized carbons (Fsp3) is 0.456. The van der Waals surface area contributed by atoms with E-state index in [0.29, 0.717) is 67.4 Å². The van der Waals surface area contributed by atoms with Crippen molar-refractivity contribution in [2.24, 2.45) is 11.3 Å². The number of benzene rings is 3. The second-order valence-corrected chi connectivity index (χ2v) is 20.5. The van der Waals surface area contributed by atoms with E-state index < -0.39 is 17.7 Å². The van der Waals surface area contributed by atoms with Gasteiger partial charge in [0.05, 0.1) is 29.7 Å². The minimum Gasteiger partial charge on any atom is -0.508 e. The van der Waals surface area contributed by atoms with Crippen molar-refractivity contribution < 1.29 is 37.8 Å². The van der Waals surface area contributed by atoms with E-state index in [4.69, 9.17) is 26.7 Å². The number of halogens is 2. The zero-order valence-electron chi connectivity index (χ0n) is 43.4. The maximum Gasteiger partial charge on any atom is 0.319 e. The van der Waals surface area contributed by atoms with Gasteiger partial charge in [-0.3, -0.25) is 19.4 Å². The van der Waals surface area contributed by atoms with Crippen LogP contribution in [-0.4, -0.2) is 162 Å². The number of aromatic nitrogens is 3. The summed E-state index contributed by atoms with van der Waals surface area (Å²) in [5, 5.41) is 30.7. The molecule has 4 aliphatic heterocycles. The maximum absolute atomic E-state index is 17.2. The number of hydrogen-bond acceptors (Lipinski definition) is 15. The zero-order chi connectivity index (χ0) is 54.4. The number of ether oxygens (including phenoxy) is 1. The Morgan fingerprint density at radius 3 is 2.36 bits per heavy atom. The SMILES string of the molecule is C#Cc1c(F)ccc2cc(O)cc(-c3ncc4c(N5CCN(C(=O)CC#N)CC5)nc(OCC5(CN6CCN(CC7CCN(c8ccc9c(c8)CN(C(CCC=O)C(=O)NC)C9=O)CC7)CC6)CC5)nc4c3F)c12.CC#N. The minimum atomic E-state index is -0.823. The monoisotopic (exact) mass is 1050 g/mol. The van der Waals surface area contributed by atoms with Crippen molar-refractivity contribution in [3.05, 3.63) is 77.0 Å². The Kier molecular flexibility index (Phi) is 16.4. The molecule has 18 nitrogen and oxygen atoms in total. The number of phenols is 1. The van der Waals surface area contributed by atoms with Gasteiger partial charge in [-0.25, -0.2) is 8.78 Å². The summed E-state index contributed by atoms with van der Waals surface area (Å²) < 4.78 is 38.7. The molecule has 3 aromatic carbocycles. The number of aldehydes is 1. The number of nitrogens with one attached hydrogen (secondary N) is 1. The number of piperidine rings is 1. The normalized spacial score (nSPS) is 17.9. The van der Waals surface area contributed by atoms with Crippen LogP contribution in [0.1, 0.15) is 73.4 Å². The van der Waals surface area contributed by atoms with Crippen molar-refractivity contribution in [1.29, 1.82) is 10.5 Å². The first-order valence-corrected chi connectivity index (χ1v) is 26.2. The molecule has 0 radical (unpaired) electrons. The molecule has 2 aromatic heterocycles. The van der Waals surface area contributed by atoms with Gasteiger partial charge in [0.2, 0.25) is 11.8 Å². The van der Waals surface area contributed by atoms with Crippen LogP contribution in [0.5, 0.6) is 11.8 Å². The second kappa shape index (κ2) is 23.5. The first-order valence-electron chi connectivity index (χ1n) is 26.2. The lowest BCUT2D eigenvalue weighted by Gasteiger charge is -2.40. The Balaban J connectivity index is 0.00000235. The molecule has 6 heterocycles. The highest BCUT2D eigenvalue weighted by Crippen LogP contribution is 2.47. The molecule has 5 aliphatic rings. The van der Waals surface area contributed by atoms with E-state index in [1.54, 1.807) is 22.9 Å². The molecule has 0 bridgehead atoms. The molecule has 1 atom stereocenters. The predicted octanol–water partition coefficient (Wildman–Crippen LogP) is 5.64. The lowest BCUT2D eigenvalue weighted by Crippen LogP contribution is -2.50. The molecule has 0 spiro atoms. The number of rotatable bonds is 16.